The summed E-state index contributed by atoms with van der Waals surface area (Å²) in [4.78, 5) is 0. The summed E-state index contributed by atoms with van der Waals surface area (Å²) in [6.45, 7) is -5.03. The Labute approximate surface area is 526 Å². The number of ether oxygens (including phenoxy) is 14. The van der Waals surface area contributed by atoms with Crippen LogP contribution in [0.3, 0.4) is 0 Å². The highest BCUT2D eigenvalue weighted by Gasteiger charge is 2.59. The molecule has 0 amide bonds. The highest BCUT2D eigenvalue weighted by molar-refractivity contribution is 7.98. The highest BCUT2D eigenvalue weighted by Crippen LogP contribution is 2.40. The molecule has 35 atom stereocenters. The Balaban J connectivity index is 0.968. The molecule has 19 N–H and O–H groups in total. The summed E-state index contributed by atoms with van der Waals surface area (Å²) < 4.78 is 83.9. The van der Waals surface area contributed by atoms with Crippen molar-refractivity contribution in [1.82, 2.24) is 0 Å². The van der Waals surface area contributed by atoms with E-state index in [4.69, 9.17) is 66.3 Å². The van der Waals surface area contributed by atoms with Crippen LogP contribution in [0.4, 0.5) is 0 Å². The minimum absolute atomic E-state index is 0.104. The summed E-state index contributed by atoms with van der Waals surface area (Å²) in [6, 6.07) is 15.0. The average molecular weight is 1350 g/mol. The van der Waals surface area contributed by atoms with Crippen LogP contribution in [-0.4, -0.2) is 357 Å². The number of aliphatic hydroxyl groups is 19. The van der Waals surface area contributed by atoms with Crippen molar-refractivity contribution in [2.24, 2.45) is 0 Å². The molecule has 0 aromatic heterocycles. The Bertz CT molecular complexity index is 2600. The molecule has 33 nitrogen and oxygen atoms in total. The smallest absolute Gasteiger partial charge is 0.187 e. The molecule has 35 heteroatoms. The van der Waals surface area contributed by atoms with E-state index < -0.39 is 248 Å². The monoisotopic (exact) mass is 1340 g/mol. The van der Waals surface area contributed by atoms with E-state index in [0.29, 0.717) is 11.5 Å². The quantitative estimate of drug-likeness (QED) is 0.132. The molecule has 2 aromatic rings. The van der Waals surface area contributed by atoms with Crippen molar-refractivity contribution < 1.29 is 163 Å². The van der Waals surface area contributed by atoms with Crippen LogP contribution in [0, 0.1) is 0 Å². The van der Waals surface area contributed by atoms with Gasteiger partial charge in [-0.1, -0.05) is 48.5 Å². The van der Waals surface area contributed by atoms with E-state index in [-0.39, 0.29) is 11.5 Å². The fourth-order valence-electron chi connectivity index (χ4n) is 12.6. The summed E-state index contributed by atoms with van der Waals surface area (Å²) in [6.07, 6.45) is -67.6. The number of benzene rings is 2. The van der Waals surface area contributed by atoms with E-state index in [2.05, 4.69) is 0 Å². The van der Waals surface area contributed by atoms with Crippen LogP contribution in [0.1, 0.15) is 11.1 Å². The molecule has 2 aromatic carbocycles. The number of rotatable bonds is 5. The van der Waals surface area contributed by atoms with E-state index in [9.17, 15) is 97.0 Å². The first-order valence-corrected chi connectivity index (χ1v) is 32.1. The fourth-order valence-corrected chi connectivity index (χ4v) is 14.7. The first kappa shape index (κ1) is 70.1. The van der Waals surface area contributed by atoms with Gasteiger partial charge in [-0.05, 0) is 22.3 Å². The van der Waals surface area contributed by atoms with Gasteiger partial charge in [0.05, 0.1) is 45.2 Å². The predicted octanol–water partition coefficient (Wildman–Crippen LogP) is -9.37. The maximum absolute atomic E-state index is 12.0. The molecule has 16 saturated heterocycles. The van der Waals surface area contributed by atoms with Gasteiger partial charge in [0, 0.05) is 23.0 Å². The minimum atomic E-state index is -2.18. The average Bonchev–Trinajstić information content (AvgIpc) is 0.911. The lowest BCUT2D eigenvalue weighted by atomic mass is 9.95. The van der Waals surface area contributed by atoms with Gasteiger partial charge in [0.2, 0.25) is 0 Å². The molecular weight excluding hydrogens is 1260 g/mol. The second-order valence-electron chi connectivity index (χ2n) is 23.7. The molecule has 29 heterocycles. The number of thioether (sulfide) groups is 2. The predicted molar refractivity (Wildman–Crippen MR) is 298 cm³/mol. The molecule has 16 fully saturated rings. The lowest BCUT2D eigenvalue weighted by Crippen LogP contribution is -2.68. The van der Waals surface area contributed by atoms with Crippen LogP contribution < -0.4 is 0 Å². The van der Waals surface area contributed by atoms with Gasteiger partial charge in [0.1, 0.15) is 159 Å². The van der Waals surface area contributed by atoms with Crippen LogP contribution >= 0.6 is 23.5 Å². The second kappa shape index (κ2) is 30.3. The van der Waals surface area contributed by atoms with Gasteiger partial charge in [0.25, 0.3) is 0 Å². The lowest BCUT2D eigenvalue weighted by molar-refractivity contribution is -0.395. The first-order valence-electron chi connectivity index (χ1n) is 29.7. The van der Waals surface area contributed by atoms with Crippen molar-refractivity contribution >= 4 is 23.5 Å². The normalized spacial score (nSPS) is 49.6. The van der Waals surface area contributed by atoms with Gasteiger partial charge in [-0.3, -0.25) is 0 Å². The number of hydrogen-bond donors (Lipinski definition) is 19. The van der Waals surface area contributed by atoms with Gasteiger partial charge in [0.15, 0.2) is 44.0 Å². The van der Waals surface area contributed by atoms with Crippen molar-refractivity contribution in [1.29, 1.82) is 0 Å². The zero-order chi connectivity index (χ0) is 64.9. The minimum Gasteiger partial charge on any atom is -0.394 e. The van der Waals surface area contributed by atoms with E-state index in [1.54, 1.807) is 0 Å². The molecule has 20 bridgehead atoms. The largest absolute Gasteiger partial charge is 0.394 e. The molecule has 91 heavy (non-hydrogen) atoms. The molecule has 31 rings (SSSR count). The second-order valence-corrected chi connectivity index (χ2v) is 25.8. The Hall–Kier alpha value is -2.18. The van der Waals surface area contributed by atoms with Gasteiger partial charge in [-0.25, -0.2) is 0 Å². The third-order valence-corrected chi connectivity index (χ3v) is 20.0. The SMILES string of the molecule is OC[C@H]1O[C@@H]2O[C@H]3C(O)C(O)[C@H](O[C@@H]3CO)O[C@H]3C(O)C(O)[C@@H]4O[C@@H]3CSCc3ccc(cc3)-c3ccc(cc3)CSC[C@H]3O[C@H](O[C@H]5C(O)C(O)[C@H](O[C@@H]5CO)O[C@H]1C(O)C2O)C(O)C(O)[C@@H]3O[C@H]1O[C@H](CO)[C@@H](O[C@H]2O[C@H](CO)[C@@H](O4)C(O)C2O)C(O)C1O. The van der Waals surface area contributed by atoms with Crippen molar-refractivity contribution in [2.75, 3.05) is 44.5 Å². The molecule has 0 aliphatic carbocycles. The third kappa shape index (κ3) is 14.4. The molecule has 0 saturated carbocycles. The fraction of sp³-hybridized carbons (Fsp3) is 0.786. The molecule has 0 radical (unpaired) electrons. The molecule has 514 valence electrons. The van der Waals surface area contributed by atoms with Crippen LogP contribution in [-0.2, 0) is 77.8 Å². The van der Waals surface area contributed by atoms with E-state index in [1.807, 2.05) is 48.5 Å². The van der Waals surface area contributed by atoms with Crippen molar-refractivity contribution in [3.8, 4) is 11.1 Å². The van der Waals surface area contributed by atoms with Crippen molar-refractivity contribution in [2.45, 2.75) is 226 Å². The molecule has 0 spiro atoms. The van der Waals surface area contributed by atoms with Crippen molar-refractivity contribution in [3.05, 3.63) is 59.7 Å². The van der Waals surface area contributed by atoms with Gasteiger partial charge >= 0.3 is 0 Å². The summed E-state index contributed by atoms with van der Waals surface area (Å²) in [7, 11) is 0. The number of hydrogen-bond acceptors (Lipinski definition) is 35. The highest BCUT2D eigenvalue weighted by atomic mass is 32.2. The summed E-state index contributed by atoms with van der Waals surface area (Å²) >= 11 is 2.48. The maximum atomic E-state index is 12.0. The van der Waals surface area contributed by atoms with Gasteiger partial charge in [-0.2, -0.15) is 23.5 Å². The topological polar surface area (TPSA) is 514 Å². The Morgan fingerprint density at radius 3 is 0.670 bits per heavy atom. The van der Waals surface area contributed by atoms with E-state index >= 15 is 0 Å². The standard InChI is InChI=1S/C56H80O33S2/c57-9-22-43-29(62)36(69)50(76-22)84-44-23(10-58)79-53(39(72)32(44)65)88-48-27-16-90-14-18-1-5-20(6-2-18)21-7-3-19(4-8-21)15-91-17-28-49(34(67)41(74)55(81-28)86-46-25(12-60)77-51(83-43)37(70)30(46)63)89-54-40(73)33(66)45(24(11-59)80-54)85-52-38(71)31(64)47(26(13-61)78-52)87-56(82-27)42(75)35(48)68/h1-8,22-75H,9-17H2/t22-,23-,24-,25-,26-,27-,28-,29?,30?,31?,32?,33?,34?,35?,36?,37?,38?,39?,40?,41?,42?,43-,44-,45-,46-,47-,48-,49-,50-,51-,52-,53-,54-,55-,56-/m1/s1. The molecule has 29 aliphatic heterocycles. The summed E-state index contributed by atoms with van der Waals surface area (Å²) in [5, 5.41) is 217. The van der Waals surface area contributed by atoms with Crippen LogP contribution in [0.15, 0.2) is 48.5 Å². The zero-order valence-corrected chi connectivity index (χ0v) is 49.9. The summed E-state index contributed by atoms with van der Waals surface area (Å²) in [5.41, 5.74) is 3.27. The third-order valence-electron chi connectivity index (χ3n) is 17.8. The molecule has 14 unspecified atom stereocenters. The first-order chi connectivity index (χ1) is 43.7. The Morgan fingerprint density at radius 2 is 0.451 bits per heavy atom. The van der Waals surface area contributed by atoms with Gasteiger partial charge in [-0.15, -0.1) is 0 Å². The zero-order valence-electron chi connectivity index (χ0n) is 48.2. The van der Waals surface area contributed by atoms with Crippen molar-refractivity contribution in [3.63, 3.8) is 0 Å². The molecular formula is C56H80O33S2. The maximum Gasteiger partial charge on any atom is 0.187 e. The summed E-state index contributed by atoms with van der Waals surface area (Å²) in [5.74, 6) is 0.375. The van der Waals surface area contributed by atoms with Crippen LogP contribution in [0.25, 0.3) is 11.1 Å². The Morgan fingerprint density at radius 1 is 0.253 bits per heavy atom. The van der Waals surface area contributed by atoms with E-state index in [0.717, 1.165) is 22.3 Å². The number of aliphatic hydroxyl groups excluding tert-OH is 19. The van der Waals surface area contributed by atoms with Crippen LogP contribution in [0.5, 0.6) is 0 Å². The van der Waals surface area contributed by atoms with Gasteiger partial charge < -0.3 is 163 Å². The molecule has 29 aliphatic rings. The van der Waals surface area contributed by atoms with E-state index in [1.165, 1.54) is 23.5 Å². The lowest BCUT2D eigenvalue weighted by Gasteiger charge is -2.50. The Kier molecular flexibility index (Phi) is 23.4. The van der Waals surface area contributed by atoms with Crippen LogP contribution in [0.2, 0.25) is 0 Å².